The second-order valence-corrected chi connectivity index (χ2v) is 9.01. The summed E-state index contributed by atoms with van der Waals surface area (Å²) in [6.07, 6.45) is 13.6. The van der Waals surface area contributed by atoms with Gasteiger partial charge < -0.3 is 9.47 Å². The molecular formula is C20H28Br2O4. The first-order valence-corrected chi connectivity index (χ1v) is 10.9. The van der Waals surface area contributed by atoms with Gasteiger partial charge in [0, 0.05) is 6.08 Å². The standard InChI is InChI=1S/C20H28Br2O4/c1-3-5-6-7-8-9-10-11-12-13-16(25-18(23)4-2)15-14-17(19(21)22)26-20(15)24/h4,14,16H,2-3,5-13H2,1H3. The molecule has 146 valence electrons. The topological polar surface area (TPSA) is 52.6 Å². The Kier molecular flexibility index (Phi) is 11.9. The Bertz CT molecular complexity index is 548. The highest BCUT2D eigenvalue weighted by Crippen LogP contribution is 2.31. The van der Waals surface area contributed by atoms with E-state index in [2.05, 4.69) is 45.4 Å². The van der Waals surface area contributed by atoms with E-state index in [0.29, 0.717) is 21.1 Å². The van der Waals surface area contributed by atoms with Crippen LogP contribution in [0.5, 0.6) is 0 Å². The lowest BCUT2D eigenvalue weighted by atomic mass is 10.0. The van der Waals surface area contributed by atoms with Crippen LogP contribution in [0.15, 0.2) is 33.5 Å². The van der Waals surface area contributed by atoms with Crippen molar-refractivity contribution in [3.63, 3.8) is 0 Å². The average Bonchev–Trinajstić information content (AvgIpc) is 3.01. The van der Waals surface area contributed by atoms with Crippen molar-refractivity contribution < 1.29 is 19.1 Å². The molecule has 0 aliphatic carbocycles. The van der Waals surface area contributed by atoms with E-state index in [0.717, 1.165) is 25.3 Å². The molecule has 0 N–H and O–H groups in total. The van der Waals surface area contributed by atoms with Crippen LogP contribution in [0.2, 0.25) is 0 Å². The second kappa shape index (κ2) is 13.3. The van der Waals surface area contributed by atoms with Gasteiger partial charge in [-0.15, -0.1) is 0 Å². The van der Waals surface area contributed by atoms with E-state index in [1.54, 1.807) is 6.08 Å². The van der Waals surface area contributed by atoms with Crippen LogP contribution in [0.25, 0.3) is 0 Å². The molecule has 0 radical (unpaired) electrons. The van der Waals surface area contributed by atoms with Gasteiger partial charge in [-0.25, -0.2) is 9.59 Å². The minimum absolute atomic E-state index is 0.367. The van der Waals surface area contributed by atoms with Crippen LogP contribution in [-0.2, 0) is 19.1 Å². The van der Waals surface area contributed by atoms with E-state index >= 15 is 0 Å². The molecule has 1 atom stereocenters. The van der Waals surface area contributed by atoms with Gasteiger partial charge in [0.1, 0.15) is 9.50 Å². The van der Waals surface area contributed by atoms with Crippen LogP contribution in [0.1, 0.15) is 71.1 Å². The van der Waals surface area contributed by atoms with Crippen LogP contribution in [0, 0.1) is 0 Å². The van der Waals surface area contributed by atoms with Crippen molar-refractivity contribution in [3.05, 3.63) is 33.5 Å². The van der Waals surface area contributed by atoms with E-state index in [-0.39, 0.29) is 0 Å². The Balaban J connectivity index is 2.46. The number of hydrogen-bond acceptors (Lipinski definition) is 4. The zero-order valence-corrected chi connectivity index (χ0v) is 18.6. The number of carbonyl (C=O) groups excluding carboxylic acids is 2. The van der Waals surface area contributed by atoms with Gasteiger partial charge in [0.2, 0.25) is 0 Å². The zero-order chi connectivity index (χ0) is 19.4. The van der Waals surface area contributed by atoms with Crippen LogP contribution in [-0.4, -0.2) is 18.0 Å². The molecule has 1 aliphatic rings. The number of unbranched alkanes of at least 4 members (excludes halogenated alkanes) is 8. The molecule has 0 fully saturated rings. The van der Waals surface area contributed by atoms with Crippen molar-refractivity contribution in [1.82, 2.24) is 0 Å². The van der Waals surface area contributed by atoms with E-state index in [4.69, 9.17) is 9.47 Å². The summed E-state index contributed by atoms with van der Waals surface area (Å²) in [6.45, 7) is 5.64. The van der Waals surface area contributed by atoms with Gasteiger partial charge in [-0.2, -0.15) is 0 Å². The third kappa shape index (κ3) is 8.67. The van der Waals surface area contributed by atoms with Crippen LogP contribution < -0.4 is 0 Å². The SMILES string of the molecule is C=CC(=O)OC(CCCCCCCCCCC)C1=CC(=C(Br)Br)OC1=O. The Morgan fingerprint density at radius 2 is 1.73 bits per heavy atom. The molecule has 1 aliphatic heterocycles. The number of ether oxygens (including phenoxy) is 2. The van der Waals surface area contributed by atoms with Gasteiger partial charge in [0.05, 0.1) is 5.57 Å². The molecule has 0 spiro atoms. The highest BCUT2D eigenvalue weighted by molar-refractivity contribution is 9.28. The zero-order valence-electron chi connectivity index (χ0n) is 15.4. The predicted octanol–water partition coefficient (Wildman–Crippen LogP) is 6.45. The normalized spacial score (nSPS) is 14.7. The summed E-state index contributed by atoms with van der Waals surface area (Å²) in [5, 5.41) is 0. The molecule has 0 aromatic rings. The van der Waals surface area contributed by atoms with E-state index in [1.807, 2.05) is 0 Å². The minimum atomic E-state index is -0.602. The fourth-order valence-electron chi connectivity index (χ4n) is 2.81. The largest absolute Gasteiger partial charge is 0.454 e. The second-order valence-electron chi connectivity index (χ2n) is 6.36. The molecule has 0 saturated carbocycles. The highest BCUT2D eigenvalue weighted by Gasteiger charge is 2.31. The Morgan fingerprint density at radius 1 is 1.15 bits per heavy atom. The number of allylic oxidation sites excluding steroid dienone is 1. The molecular weight excluding hydrogens is 464 g/mol. The highest BCUT2D eigenvalue weighted by atomic mass is 79.9. The number of hydrogen-bond donors (Lipinski definition) is 0. The monoisotopic (exact) mass is 490 g/mol. The summed E-state index contributed by atoms with van der Waals surface area (Å²) in [4.78, 5) is 23.7. The lowest BCUT2D eigenvalue weighted by molar-refractivity contribution is -0.143. The Hall–Kier alpha value is -0.880. The average molecular weight is 492 g/mol. The minimum Gasteiger partial charge on any atom is -0.454 e. The molecule has 4 nitrogen and oxygen atoms in total. The molecule has 0 amide bonds. The maximum atomic E-state index is 12.1. The molecule has 0 aromatic carbocycles. The first-order chi connectivity index (χ1) is 12.5. The predicted molar refractivity (Wildman–Crippen MR) is 111 cm³/mol. The molecule has 1 rings (SSSR count). The molecule has 1 heterocycles. The summed E-state index contributed by atoms with van der Waals surface area (Å²) < 4.78 is 11.1. The van der Waals surface area contributed by atoms with Crippen LogP contribution in [0.3, 0.4) is 0 Å². The summed E-state index contributed by atoms with van der Waals surface area (Å²) in [5.74, 6) is -0.624. The third-order valence-corrected chi connectivity index (χ3v) is 5.03. The van der Waals surface area contributed by atoms with E-state index < -0.39 is 18.0 Å². The van der Waals surface area contributed by atoms with Crippen molar-refractivity contribution in [2.24, 2.45) is 0 Å². The maximum absolute atomic E-state index is 12.1. The van der Waals surface area contributed by atoms with E-state index in [9.17, 15) is 9.59 Å². The smallest absolute Gasteiger partial charge is 0.343 e. The first-order valence-electron chi connectivity index (χ1n) is 9.31. The summed E-state index contributed by atoms with van der Waals surface area (Å²) in [5.41, 5.74) is 0.367. The van der Waals surface area contributed by atoms with Crippen LogP contribution in [0.4, 0.5) is 0 Å². The van der Waals surface area contributed by atoms with Crippen molar-refractivity contribution in [1.29, 1.82) is 0 Å². The van der Waals surface area contributed by atoms with Crippen molar-refractivity contribution >= 4 is 43.8 Å². The Labute approximate surface area is 173 Å². The fourth-order valence-corrected chi connectivity index (χ4v) is 3.20. The van der Waals surface area contributed by atoms with Gasteiger partial charge in [0.25, 0.3) is 0 Å². The van der Waals surface area contributed by atoms with Gasteiger partial charge in [-0.3, -0.25) is 0 Å². The number of esters is 2. The Morgan fingerprint density at radius 3 is 2.23 bits per heavy atom. The molecule has 6 heteroatoms. The maximum Gasteiger partial charge on any atom is 0.343 e. The molecule has 0 aromatic heterocycles. The number of halogens is 2. The van der Waals surface area contributed by atoms with Gasteiger partial charge in [-0.1, -0.05) is 64.9 Å². The number of carbonyl (C=O) groups is 2. The van der Waals surface area contributed by atoms with Crippen molar-refractivity contribution in [2.75, 3.05) is 0 Å². The first kappa shape index (κ1) is 23.2. The molecule has 26 heavy (non-hydrogen) atoms. The molecule has 0 saturated heterocycles. The quantitative estimate of drug-likeness (QED) is 0.169. The van der Waals surface area contributed by atoms with Gasteiger partial charge in [0.15, 0.2) is 5.76 Å². The van der Waals surface area contributed by atoms with Gasteiger partial charge >= 0.3 is 11.9 Å². The fraction of sp³-hybridized carbons (Fsp3) is 0.600. The van der Waals surface area contributed by atoms with Crippen LogP contribution >= 0.6 is 31.9 Å². The summed E-state index contributed by atoms with van der Waals surface area (Å²) in [6, 6.07) is 0. The van der Waals surface area contributed by atoms with Crippen molar-refractivity contribution in [3.8, 4) is 0 Å². The summed E-state index contributed by atoms with van der Waals surface area (Å²) in [7, 11) is 0. The van der Waals surface area contributed by atoms with Crippen molar-refractivity contribution in [2.45, 2.75) is 77.2 Å². The van der Waals surface area contributed by atoms with E-state index in [1.165, 1.54) is 38.5 Å². The lowest BCUT2D eigenvalue weighted by Gasteiger charge is -2.16. The lowest BCUT2D eigenvalue weighted by Crippen LogP contribution is -2.23. The van der Waals surface area contributed by atoms with Gasteiger partial charge in [-0.05, 0) is 50.8 Å². The molecule has 0 bridgehead atoms. The molecule has 1 unspecified atom stereocenters. The summed E-state index contributed by atoms with van der Waals surface area (Å²) >= 11 is 6.45. The number of rotatable bonds is 13. The number of cyclic esters (lactones) is 1. The third-order valence-electron chi connectivity index (χ3n) is 4.25.